The summed E-state index contributed by atoms with van der Waals surface area (Å²) in [6.45, 7) is 1.12. The fraction of sp³-hybridized carbons (Fsp3) is 0.778. The molecule has 0 amide bonds. The van der Waals surface area contributed by atoms with E-state index in [9.17, 15) is 14.8 Å². The van der Waals surface area contributed by atoms with Gasteiger partial charge in [-0.2, -0.15) is 0 Å². The number of nitrogens with zero attached hydrogens (tertiary/aromatic N) is 3. The van der Waals surface area contributed by atoms with E-state index in [0.29, 0.717) is 19.4 Å². The lowest BCUT2D eigenvalue weighted by molar-refractivity contribution is -0.706. The molecule has 0 aromatic rings. The second-order valence-corrected chi connectivity index (χ2v) is 3.45. The van der Waals surface area contributed by atoms with Gasteiger partial charge in [0.15, 0.2) is 0 Å². The fourth-order valence-corrected chi connectivity index (χ4v) is 0.947. The van der Waals surface area contributed by atoms with E-state index < -0.39 is 18.7 Å². The molecule has 1 N–H and O–H groups in total. The van der Waals surface area contributed by atoms with Crippen LogP contribution in [0.25, 0.3) is 0 Å². The largest absolute Gasteiger partial charge is 0.569 e. The Labute approximate surface area is 104 Å². The van der Waals surface area contributed by atoms with Crippen LogP contribution in [0.4, 0.5) is 0 Å². The zero-order valence-electron chi connectivity index (χ0n) is 10.4. The molecule has 9 heteroatoms. The van der Waals surface area contributed by atoms with Crippen molar-refractivity contribution in [1.82, 2.24) is 5.01 Å². The van der Waals surface area contributed by atoms with Crippen molar-refractivity contribution < 1.29 is 29.2 Å². The lowest BCUT2D eigenvalue weighted by Crippen LogP contribution is -2.27. The normalized spacial score (nSPS) is 10.9. The topological polar surface area (TPSA) is 114 Å². The molecule has 0 saturated heterocycles. The van der Waals surface area contributed by atoms with Gasteiger partial charge in [-0.1, -0.05) is 0 Å². The first-order valence-electron chi connectivity index (χ1n) is 5.30. The highest BCUT2D eigenvalue weighted by atomic mass is 16.8. The average molecular weight is 263 g/mol. The first-order valence-corrected chi connectivity index (χ1v) is 5.30. The Hall–Kier alpha value is -2.06. The summed E-state index contributed by atoms with van der Waals surface area (Å²) in [5.41, 5.74) is 0. The smallest absolute Gasteiger partial charge is 0.305 e. The summed E-state index contributed by atoms with van der Waals surface area (Å²) in [5, 5.41) is 23.9. The van der Waals surface area contributed by atoms with Crippen LogP contribution in [-0.2, 0) is 19.2 Å². The zero-order valence-corrected chi connectivity index (χ0v) is 10.4. The fourth-order valence-electron chi connectivity index (χ4n) is 0.947. The van der Waals surface area contributed by atoms with Gasteiger partial charge in [-0.15, -0.1) is 5.01 Å². The quantitative estimate of drug-likeness (QED) is 0.161. The van der Waals surface area contributed by atoms with Crippen LogP contribution in [-0.4, -0.2) is 47.4 Å². The predicted molar refractivity (Wildman–Crippen MR) is 57.9 cm³/mol. The van der Waals surface area contributed by atoms with E-state index >= 15 is 0 Å². The maximum absolute atomic E-state index is 11.2. The first kappa shape index (κ1) is 15.9. The lowest BCUT2D eigenvalue weighted by Gasteiger charge is -2.12. The average Bonchev–Trinajstić information content (AvgIpc) is 2.29. The minimum absolute atomic E-state index is 0.0623. The summed E-state index contributed by atoms with van der Waals surface area (Å²) in [6.07, 6.45) is 1.08. The van der Waals surface area contributed by atoms with Gasteiger partial charge in [0, 0.05) is 13.3 Å². The molecule has 0 aliphatic rings. The molecule has 9 nitrogen and oxygen atoms in total. The molecule has 0 aromatic heterocycles. The summed E-state index contributed by atoms with van der Waals surface area (Å²) in [4.78, 5) is 25.2. The predicted octanol–water partition coefficient (Wildman–Crippen LogP) is 0.503. The van der Waals surface area contributed by atoms with Crippen LogP contribution in [0.1, 0.15) is 26.2 Å². The van der Waals surface area contributed by atoms with Crippen LogP contribution in [0.5, 0.6) is 0 Å². The third-order valence-electron chi connectivity index (χ3n) is 1.86. The monoisotopic (exact) mass is 263 g/mol. The standard InChI is InChI=1S/C9H17N3O6/c1-8(13)17-7-18-10-12(16)11(2)6-4-3-5-9(14)15/h3-7H2,1-2H3,(H,14,15)/b12-10-. The van der Waals surface area contributed by atoms with Gasteiger partial charge in [-0.25, -0.2) is 0 Å². The van der Waals surface area contributed by atoms with Crippen LogP contribution >= 0.6 is 0 Å². The Morgan fingerprint density at radius 2 is 2.11 bits per heavy atom. The van der Waals surface area contributed by atoms with E-state index in [-0.39, 0.29) is 11.4 Å². The number of aliphatic carboxylic acids is 1. The van der Waals surface area contributed by atoms with E-state index in [4.69, 9.17) is 5.11 Å². The number of unbranched alkanes of at least 4 members (excludes halogenated alkanes) is 1. The van der Waals surface area contributed by atoms with Crippen LogP contribution in [0, 0.1) is 5.21 Å². The number of hydrogen-bond acceptors (Lipinski definition) is 6. The highest BCUT2D eigenvalue weighted by Crippen LogP contribution is 1.98. The number of carboxylic acid groups (broad SMARTS) is 1. The number of carbonyl (C=O) groups is 2. The third-order valence-corrected chi connectivity index (χ3v) is 1.86. The van der Waals surface area contributed by atoms with Crippen LogP contribution < -0.4 is 0 Å². The number of rotatable bonds is 9. The van der Waals surface area contributed by atoms with E-state index in [1.165, 1.54) is 19.0 Å². The SMILES string of the molecule is CC(=O)OCO/N=[N+](\[O-])N(C)CCCCC(=O)O. The Morgan fingerprint density at radius 1 is 1.44 bits per heavy atom. The summed E-state index contributed by atoms with van der Waals surface area (Å²) >= 11 is 0. The van der Waals surface area contributed by atoms with E-state index in [1.807, 2.05) is 0 Å². The Bertz CT molecular complexity index is 307. The Morgan fingerprint density at radius 3 is 2.67 bits per heavy atom. The minimum atomic E-state index is -0.869. The van der Waals surface area contributed by atoms with Gasteiger partial charge < -0.3 is 19.9 Å². The van der Waals surface area contributed by atoms with Crippen molar-refractivity contribution in [2.45, 2.75) is 26.2 Å². The molecule has 0 aliphatic carbocycles. The summed E-state index contributed by atoms with van der Waals surface area (Å²) in [5.74, 6) is -1.41. The Balaban J connectivity index is 3.73. The summed E-state index contributed by atoms with van der Waals surface area (Å²) in [6, 6.07) is 0. The van der Waals surface area contributed by atoms with Gasteiger partial charge in [-0.3, -0.25) is 9.59 Å². The highest BCUT2D eigenvalue weighted by molar-refractivity contribution is 5.66. The molecule has 104 valence electrons. The van der Waals surface area contributed by atoms with Crippen molar-refractivity contribution in [1.29, 1.82) is 0 Å². The van der Waals surface area contributed by atoms with Crippen LogP contribution in [0.2, 0.25) is 0 Å². The first-order chi connectivity index (χ1) is 8.43. The molecule has 0 aromatic carbocycles. The molecular formula is C9H17N3O6. The van der Waals surface area contributed by atoms with Gasteiger partial charge in [0.1, 0.15) is 0 Å². The Kier molecular flexibility index (Phi) is 7.99. The van der Waals surface area contributed by atoms with E-state index in [2.05, 4.69) is 14.9 Å². The van der Waals surface area contributed by atoms with Crippen LogP contribution in [0.3, 0.4) is 0 Å². The van der Waals surface area contributed by atoms with Gasteiger partial charge in [0.05, 0.1) is 18.6 Å². The van der Waals surface area contributed by atoms with Gasteiger partial charge >= 0.3 is 11.9 Å². The van der Waals surface area contributed by atoms with Crippen molar-refractivity contribution in [3.05, 3.63) is 5.21 Å². The molecule has 0 radical (unpaired) electrons. The summed E-state index contributed by atoms with van der Waals surface area (Å²) < 4.78 is 4.39. The molecule has 0 heterocycles. The molecule has 0 aliphatic heterocycles. The van der Waals surface area contributed by atoms with Crippen molar-refractivity contribution in [3.63, 3.8) is 0 Å². The molecule has 0 fully saturated rings. The zero-order chi connectivity index (χ0) is 14.0. The number of hydrazine groups is 1. The lowest BCUT2D eigenvalue weighted by atomic mass is 10.2. The molecule has 0 spiro atoms. The van der Waals surface area contributed by atoms with Crippen molar-refractivity contribution in [2.24, 2.45) is 5.28 Å². The minimum Gasteiger partial charge on any atom is -0.569 e. The van der Waals surface area contributed by atoms with E-state index in [1.54, 1.807) is 0 Å². The van der Waals surface area contributed by atoms with Gasteiger partial charge in [0.25, 0.3) is 6.79 Å². The maximum atomic E-state index is 11.2. The number of ether oxygens (including phenoxy) is 1. The van der Waals surface area contributed by atoms with Crippen molar-refractivity contribution in [2.75, 3.05) is 20.4 Å². The second-order valence-electron chi connectivity index (χ2n) is 3.45. The maximum Gasteiger partial charge on any atom is 0.305 e. The van der Waals surface area contributed by atoms with Crippen molar-refractivity contribution in [3.8, 4) is 0 Å². The molecule has 0 rings (SSSR count). The molecule has 0 atom stereocenters. The number of hydrogen-bond donors (Lipinski definition) is 1. The van der Waals surface area contributed by atoms with Gasteiger partial charge in [0.2, 0.25) is 5.28 Å². The van der Waals surface area contributed by atoms with Crippen molar-refractivity contribution >= 4 is 11.9 Å². The van der Waals surface area contributed by atoms with Crippen LogP contribution in [0.15, 0.2) is 5.28 Å². The third kappa shape index (κ3) is 9.19. The van der Waals surface area contributed by atoms with Gasteiger partial charge in [-0.05, 0) is 12.8 Å². The number of carbonyl (C=O) groups excluding carboxylic acids is 1. The molecular weight excluding hydrogens is 246 g/mol. The highest BCUT2D eigenvalue weighted by Gasteiger charge is 2.07. The molecule has 0 saturated carbocycles. The number of esters is 1. The molecule has 0 unspecified atom stereocenters. The molecule has 18 heavy (non-hydrogen) atoms. The van der Waals surface area contributed by atoms with E-state index in [0.717, 1.165) is 0 Å². The second kappa shape index (κ2) is 9.02. The number of carboxylic acids is 1. The molecule has 0 bridgehead atoms. The summed E-state index contributed by atoms with van der Waals surface area (Å²) in [7, 11) is 1.48.